The van der Waals surface area contributed by atoms with Crippen LogP contribution in [0.5, 0.6) is 0 Å². The maximum atomic E-state index is 10.2. The molecule has 2 saturated heterocycles. The molecular weight excluding hydrogens is 530 g/mol. The number of aryl methyl sites for hydroxylation is 1. The molecule has 2 aliphatic rings. The lowest BCUT2D eigenvalue weighted by molar-refractivity contribution is 0.0180. The summed E-state index contributed by atoms with van der Waals surface area (Å²) in [6, 6.07) is 9.72. The maximum absolute atomic E-state index is 10.2. The number of benzene rings is 1. The minimum absolute atomic E-state index is 0.124. The molecule has 2 aromatic heterocycles. The minimum Gasteiger partial charge on any atom is -0.396 e. The number of halogens is 1. The quantitative estimate of drug-likeness (QED) is 0.349. The molecule has 3 atom stereocenters. The van der Waals surface area contributed by atoms with E-state index in [1.807, 2.05) is 0 Å². The average molecular weight is 571 g/mol. The molecule has 37 heavy (non-hydrogen) atoms. The van der Waals surface area contributed by atoms with E-state index in [4.69, 9.17) is 14.5 Å². The first-order valence-corrected chi connectivity index (χ1v) is 14.3. The highest BCUT2D eigenvalue weighted by Crippen LogP contribution is 2.43. The van der Waals surface area contributed by atoms with Crippen LogP contribution in [-0.4, -0.2) is 53.7 Å². The zero-order chi connectivity index (χ0) is 26.3. The molecule has 1 aromatic carbocycles. The van der Waals surface area contributed by atoms with Gasteiger partial charge in [-0.25, -0.2) is 0 Å². The molecule has 0 spiro atoms. The Balaban J connectivity index is 1.73. The van der Waals surface area contributed by atoms with Gasteiger partial charge in [0.05, 0.1) is 30.7 Å². The highest BCUT2D eigenvalue weighted by Gasteiger charge is 2.34. The molecule has 200 valence electrons. The Labute approximate surface area is 228 Å². The molecule has 5 rings (SSSR count). The van der Waals surface area contributed by atoms with Gasteiger partial charge >= 0.3 is 0 Å². The fourth-order valence-corrected chi connectivity index (χ4v) is 6.56. The van der Waals surface area contributed by atoms with Gasteiger partial charge in [0, 0.05) is 59.5 Å². The summed E-state index contributed by atoms with van der Waals surface area (Å²) in [5, 5.41) is 15.2. The number of aliphatic hydroxyl groups is 1. The van der Waals surface area contributed by atoms with Crippen molar-refractivity contribution in [1.82, 2.24) is 14.9 Å². The van der Waals surface area contributed by atoms with E-state index in [0.717, 1.165) is 54.8 Å². The van der Waals surface area contributed by atoms with E-state index in [2.05, 4.69) is 84.0 Å². The van der Waals surface area contributed by atoms with E-state index < -0.39 is 0 Å². The van der Waals surface area contributed by atoms with Crippen LogP contribution in [0.25, 0.3) is 22.2 Å². The number of aliphatic hydroxyl groups excluding tert-OH is 1. The summed E-state index contributed by atoms with van der Waals surface area (Å²) in [7, 11) is 1.75. The molecule has 0 amide bonds. The summed E-state index contributed by atoms with van der Waals surface area (Å²) in [4.78, 5) is 5.07. The molecule has 2 N–H and O–H groups in total. The molecule has 2 unspecified atom stereocenters. The van der Waals surface area contributed by atoms with Crippen LogP contribution in [0.4, 0.5) is 0 Å². The van der Waals surface area contributed by atoms with Crippen molar-refractivity contribution in [2.75, 3.05) is 26.9 Å². The number of morpholine rings is 1. The molecule has 0 radical (unpaired) electrons. The predicted octanol–water partition coefficient (Wildman–Crippen LogP) is 5.99. The van der Waals surface area contributed by atoms with Gasteiger partial charge in [0.1, 0.15) is 0 Å². The summed E-state index contributed by atoms with van der Waals surface area (Å²) in [6.45, 7) is 11.1. The normalized spacial score (nSPS) is 22.9. The Morgan fingerprint density at radius 2 is 1.97 bits per heavy atom. The van der Waals surface area contributed by atoms with Gasteiger partial charge in [-0.3, -0.25) is 4.98 Å². The van der Waals surface area contributed by atoms with E-state index in [-0.39, 0.29) is 18.1 Å². The Kier molecular flexibility index (Phi) is 7.81. The van der Waals surface area contributed by atoms with Crippen LogP contribution in [0.1, 0.15) is 69.4 Å². The lowest BCUT2D eigenvalue weighted by Crippen LogP contribution is -2.53. The lowest BCUT2D eigenvalue weighted by atomic mass is 9.81. The van der Waals surface area contributed by atoms with E-state index in [1.165, 1.54) is 27.7 Å². The van der Waals surface area contributed by atoms with Gasteiger partial charge in [-0.05, 0) is 79.8 Å². The van der Waals surface area contributed by atoms with Crippen molar-refractivity contribution in [2.24, 2.45) is 5.41 Å². The number of pyridine rings is 1. The third kappa shape index (κ3) is 5.26. The topological polar surface area (TPSA) is 68.5 Å². The van der Waals surface area contributed by atoms with Crippen molar-refractivity contribution in [3.05, 3.63) is 51.8 Å². The van der Waals surface area contributed by atoms with Crippen LogP contribution in [-0.2, 0) is 22.4 Å². The number of aromatic nitrogens is 2. The standard InChI is InChI=1S/C30H40BrN3O3/c1-6-34-27-8-7-21(31)12-24(27)26(13-30(3,4)17-35)29(34)25-11-20(14-32-28(25)18(2)36-5)19-9-22-15-37-16-23(10-19)33-22/h7-8,11-12,14,18-19,22-23,33,35H,6,9-10,13,15-17H2,1-5H3/t18-,19?,22?,23?/m0/s1. The van der Waals surface area contributed by atoms with Gasteiger partial charge < -0.3 is 24.5 Å². The first-order chi connectivity index (χ1) is 17.7. The molecule has 0 aliphatic carbocycles. The first kappa shape index (κ1) is 26.8. The fourth-order valence-electron chi connectivity index (χ4n) is 6.20. The molecule has 7 heteroatoms. The molecule has 2 aliphatic heterocycles. The van der Waals surface area contributed by atoms with Crippen molar-refractivity contribution in [1.29, 1.82) is 0 Å². The van der Waals surface area contributed by atoms with E-state index in [0.29, 0.717) is 18.0 Å². The number of ether oxygens (including phenoxy) is 2. The summed E-state index contributed by atoms with van der Waals surface area (Å²) in [5.41, 5.74) is 6.81. The number of hydrogen-bond acceptors (Lipinski definition) is 5. The molecule has 2 bridgehead atoms. The van der Waals surface area contributed by atoms with E-state index in [9.17, 15) is 5.11 Å². The van der Waals surface area contributed by atoms with Crippen LogP contribution in [0.3, 0.4) is 0 Å². The van der Waals surface area contributed by atoms with E-state index in [1.54, 1.807) is 7.11 Å². The molecule has 2 fully saturated rings. The molecule has 6 nitrogen and oxygen atoms in total. The lowest BCUT2D eigenvalue weighted by Gasteiger charge is -2.40. The molecular formula is C30H40BrN3O3. The Hall–Kier alpha value is -1.77. The van der Waals surface area contributed by atoms with Crippen LogP contribution in [0.15, 0.2) is 34.9 Å². The van der Waals surface area contributed by atoms with Crippen LogP contribution >= 0.6 is 15.9 Å². The van der Waals surface area contributed by atoms with Crippen molar-refractivity contribution < 1.29 is 14.6 Å². The fraction of sp³-hybridized carbons (Fsp3) is 0.567. The maximum Gasteiger partial charge on any atom is 0.0969 e. The molecule has 4 heterocycles. The summed E-state index contributed by atoms with van der Waals surface area (Å²) < 4.78 is 15.1. The Bertz CT molecular complexity index is 1260. The predicted molar refractivity (Wildman–Crippen MR) is 152 cm³/mol. The Morgan fingerprint density at radius 3 is 2.62 bits per heavy atom. The number of nitrogens with zero attached hydrogens (tertiary/aromatic N) is 2. The van der Waals surface area contributed by atoms with Gasteiger partial charge in [0.2, 0.25) is 0 Å². The largest absolute Gasteiger partial charge is 0.396 e. The minimum atomic E-state index is -0.255. The van der Waals surface area contributed by atoms with Gasteiger partial charge in [-0.15, -0.1) is 0 Å². The summed E-state index contributed by atoms with van der Waals surface area (Å²) in [6.07, 6.45) is 4.82. The number of fused-ring (bicyclic) bond motifs is 3. The summed E-state index contributed by atoms with van der Waals surface area (Å²) in [5.74, 6) is 0.448. The second kappa shape index (κ2) is 10.8. The number of methoxy groups -OCH3 is 1. The number of rotatable bonds is 8. The second-order valence-corrected chi connectivity index (χ2v) is 12.5. The Morgan fingerprint density at radius 1 is 1.24 bits per heavy atom. The van der Waals surface area contributed by atoms with Gasteiger partial charge in [0.25, 0.3) is 0 Å². The highest BCUT2D eigenvalue weighted by molar-refractivity contribution is 9.10. The van der Waals surface area contributed by atoms with Gasteiger partial charge in [0.15, 0.2) is 0 Å². The van der Waals surface area contributed by atoms with Crippen molar-refractivity contribution in [2.45, 2.75) is 77.6 Å². The van der Waals surface area contributed by atoms with Crippen LogP contribution < -0.4 is 5.32 Å². The van der Waals surface area contributed by atoms with Crippen molar-refractivity contribution >= 4 is 26.8 Å². The highest BCUT2D eigenvalue weighted by atomic mass is 79.9. The number of hydrogen-bond donors (Lipinski definition) is 2. The van der Waals surface area contributed by atoms with E-state index >= 15 is 0 Å². The van der Waals surface area contributed by atoms with Gasteiger partial charge in [-0.2, -0.15) is 0 Å². The van der Waals surface area contributed by atoms with Crippen molar-refractivity contribution in [3.8, 4) is 11.3 Å². The average Bonchev–Trinajstić information content (AvgIpc) is 3.19. The zero-order valence-corrected chi connectivity index (χ0v) is 24.3. The number of piperidine rings is 1. The van der Waals surface area contributed by atoms with Crippen molar-refractivity contribution in [3.63, 3.8) is 0 Å². The van der Waals surface area contributed by atoms with Crippen LogP contribution in [0, 0.1) is 5.41 Å². The smallest absolute Gasteiger partial charge is 0.0969 e. The first-order valence-electron chi connectivity index (χ1n) is 13.5. The van der Waals surface area contributed by atoms with Gasteiger partial charge in [-0.1, -0.05) is 29.8 Å². The monoisotopic (exact) mass is 569 g/mol. The third-order valence-electron chi connectivity index (χ3n) is 8.18. The molecule has 0 saturated carbocycles. The zero-order valence-electron chi connectivity index (χ0n) is 22.7. The molecule has 3 aromatic rings. The van der Waals surface area contributed by atoms with Crippen LogP contribution in [0.2, 0.25) is 0 Å². The SMILES string of the molecule is CCn1c(-c2cc(C3CC4COCC(C3)N4)cnc2[C@H](C)OC)c(CC(C)(C)CO)c2cc(Br)ccc21. The number of nitrogens with one attached hydrogen (secondary N) is 1. The third-order valence-corrected chi connectivity index (χ3v) is 8.68. The second-order valence-electron chi connectivity index (χ2n) is 11.6. The summed E-state index contributed by atoms with van der Waals surface area (Å²) >= 11 is 3.70.